The highest BCUT2D eigenvalue weighted by molar-refractivity contribution is 6.30. The molecule has 2 saturated carbocycles. The van der Waals surface area contributed by atoms with Gasteiger partial charge in [0.05, 0.1) is 22.7 Å². The third-order valence-corrected chi connectivity index (χ3v) is 8.25. The summed E-state index contributed by atoms with van der Waals surface area (Å²) in [5.41, 5.74) is 6.33. The van der Waals surface area contributed by atoms with Crippen LogP contribution in [0, 0.1) is 23.6 Å². The number of nitrogens with two attached hydrogens (primary N) is 1. The van der Waals surface area contributed by atoms with Crippen molar-refractivity contribution in [2.24, 2.45) is 23.5 Å². The second-order valence-corrected chi connectivity index (χ2v) is 10.1. The SMILES string of the molecule is NC(=O)c1nn(CC(=O)N2C(C(=O)NCc3cccc(Cl)c3F)[C@@H]3C[C@@H]4C(O)[C@H]2[C@@H]43)c2ccccc12. The van der Waals surface area contributed by atoms with E-state index in [0.29, 0.717) is 17.3 Å². The van der Waals surface area contributed by atoms with E-state index in [4.69, 9.17) is 17.3 Å². The van der Waals surface area contributed by atoms with Crippen LogP contribution < -0.4 is 11.1 Å². The highest BCUT2D eigenvalue weighted by atomic mass is 35.5. The molecule has 36 heavy (non-hydrogen) atoms. The Labute approximate surface area is 210 Å². The summed E-state index contributed by atoms with van der Waals surface area (Å²) < 4.78 is 15.7. The highest BCUT2D eigenvalue weighted by Crippen LogP contribution is 2.63. The molecule has 186 valence electrons. The number of nitrogens with one attached hydrogen (secondary N) is 1. The number of carbonyl (C=O) groups is 3. The number of benzene rings is 2. The van der Waals surface area contributed by atoms with Crippen molar-refractivity contribution in [1.82, 2.24) is 20.0 Å². The molecule has 0 radical (unpaired) electrons. The van der Waals surface area contributed by atoms with Gasteiger partial charge in [-0.25, -0.2) is 4.39 Å². The molecule has 3 aliphatic rings. The highest BCUT2D eigenvalue weighted by Gasteiger charge is 2.72. The Bertz CT molecular complexity index is 1430. The van der Waals surface area contributed by atoms with Crippen molar-refractivity contribution in [3.8, 4) is 0 Å². The maximum absolute atomic E-state index is 14.3. The number of amides is 3. The molecule has 6 rings (SSSR count). The largest absolute Gasteiger partial charge is 0.391 e. The van der Waals surface area contributed by atoms with Gasteiger partial charge in [0, 0.05) is 17.5 Å². The third-order valence-electron chi connectivity index (χ3n) is 7.96. The summed E-state index contributed by atoms with van der Waals surface area (Å²) in [5, 5.41) is 18.2. The summed E-state index contributed by atoms with van der Waals surface area (Å²) in [6.45, 7) is -0.308. The van der Waals surface area contributed by atoms with E-state index in [1.165, 1.54) is 21.7 Å². The Balaban J connectivity index is 1.27. The molecule has 11 heteroatoms. The maximum Gasteiger partial charge on any atom is 0.269 e. The molecule has 2 aliphatic carbocycles. The predicted octanol–water partition coefficient (Wildman–Crippen LogP) is 1.45. The van der Waals surface area contributed by atoms with Crippen LogP contribution in [0.1, 0.15) is 22.5 Å². The van der Waals surface area contributed by atoms with Crippen LogP contribution in [0.3, 0.4) is 0 Å². The number of halogens is 2. The zero-order chi connectivity index (χ0) is 25.3. The van der Waals surface area contributed by atoms with E-state index < -0.39 is 41.7 Å². The van der Waals surface area contributed by atoms with E-state index in [0.717, 1.165) is 0 Å². The summed E-state index contributed by atoms with van der Waals surface area (Å²) >= 11 is 5.85. The van der Waals surface area contributed by atoms with Gasteiger partial charge in [-0.3, -0.25) is 19.1 Å². The van der Waals surface area contributed by atoms with Crippen molar-refractivity contribution in [1.29, 1.82) is 0 Å². The molecule has 3 fully saturated rings. The van der Waals surface area contributed by atoms with Gasteiger partial charge in [0.2, 0.25) is 11.8 Å². The number of likely N-dealkylation sites (tertiary alicyclic amines) is 1. The fourth-order valence-corrected chi connectivity index (χ4v) is 6.49. The van der Waals surface area contributed by atoms with Gasteiger partial charge in [-0.1, -0.05) is 41.9 Å². The molecule has 0 spiro atoms. The number of aliphatic hydroxyl groups is 1. The van der Waals surface area contributed by atoms with Crippen molar-refractivity contribution in [3.05, 3.63) is 64.6 Å². The van der Waals surface area contributed by atoms with Crippen LogP contribution >= 0.6 is 11.6 Å². The minimum absolute atomic E-state index is 0.0378. The first-order valence-corrected chi connectivity index (χ1v) is 12.1. The Morgan fingerprint density at radius 3 is 2.72 bits per heavy atom. The predicted molar refractivity (Wildman–Crippen MR) is 127 cm³/mol. The zero-order valence-electron chi connectivity index (χ0n) is 19.0. The summed E-state index contributed by atoms with van der Waals surface area (Å²) in [5.74, 6) is -2.06. The molecule has 6 atom stereocenters. The molecule has 4 N–H and O–H groups in total. The fourth-order valence-electron chi connectivity index (χ4n) is 6.29. The van der Waals surface area contributed by atoms with Crippen LogP contribution in [0.2, 0.25) is 5.02 Å². The molecule has 1 saturated heterocycles. The molecule has 9 nitrogen and oxygen atoms in total. The quantitative estimate of drug-likeness (QED) is 0.461. The van der Waals surface area contributed by atoms with E-state index in [1.807, 2.05) is 0 Å². The van der Waals surface area contributed by atoms with Gasteiger partial charge in [0.25, 0.3) is 5.91 Å². The Hall–Kier alpha value is -3.50. The van der Waals surface area contributed by atoms with Gasteiger partial charge in [-0.15, -0.1) is 0 Å². The van der Waals surface area contributed by atoms with Gasteiger partial charge in [0.15, 0.2) is 5.69 Å². The number of para-hydroxylation sites is 1. The normalized spacial score (nSPS) is 27.8. The van der Waals surface area contributed by atoms with E-state index >= 15 is 0 Å². The van der Waals surface area contributed by atoms with E-state index in [2.05, 4.69) is 10.4 Å². The number of primary amides is 1. The maximum atomic E-state index is 14.3. The molecule has 3 aromatic rings. The van der Waals surface area contributed by atoms with Crippen LogP contribution in [0.5, 0.6) is 0 Å². The van der Waals surface area contributed by atoms with Gasteiger partial charge < -0.3 is 21.1 Å². The van der Waals surface area contributed by atoms with E-state index in [-0.39, 0.29) is 47.1 Å². The molecule has 3 amide bonds. The molecule has 1 aromatic heterocycles. The van der Waals surface area contributed by atoms with Gasteiger partial charge in [-0.05, 0) is 36.3 Å². The molecule has 0 bridgehead atoms. The zero-order valence-corrected chi connectivity index (χ0v) is 19.7. The fraction of sp³-hybridized carbons (Fsp3) is 0.360. The topological polar surface area (TPSA) is 131 Å². The number of fused-ring (bicyclic) bond motifs is 1. The van der Waals surface area contributed by atoms with Crippen molar-refractivity contribution >= 4 is 40.2 Å². The first-order chi connectivity index (χ1) is 17.3. The molecular formula is C25H23ClFN5O4. The Kier molecular flexibility index (Phi) is 5.27. The summed E-state index contributed by atoms with van der Waals surface area (Å²) in [6.07, 6.45) is -0.0550. The van der Waals surface area contributed by atoms with Crippen molar-refractivity contribution in [3.63, 3.8) is 0 Å². The van der Waals surface area contributed by atoms with Crippen LogP contribution in [-0.4, -0.2) is 55.7 Å². The number of aromatic nitrogens is 2. The summed E-state index contributed by atoms with van der Waals surface area (Å²) in [7, 11) is 0. The van der Waals surface area contributed by atoms with Gasteiger partial charge >= 0.3 is 0 Å². The lowest BCUT2D eigenvalue weighted by molar-refractivity contribution is -0.162. The lowest BCUT2D eigenvalue weighted by atomic mass is 9.50. The Morgan fingerprint density at radius 2 is 1.94 bits per heavy atom. The van der Waals surface area contributed by atoms with Crippen LogP contribution in [0.15, 0.2) is 42.5 Å². The van der Waals surface area contributed by atoms with Crippen molar-refractivity contribution < 1.29 is 23.9 Å². The second kappa shape index (κ2) is 8.28. The first kappa shape index (κ1) is 22.9. The lowest BCUT2D eigenvalue weighted by Gasteiger charge is -2.56. The summed E-state index contributed by atoms with van der Waals surface area (Å²) in [6, 6.07) is 10.2. The van der Waals surface area contributed by atoms with E-state index in [9.17, 15) is 23.9 Å². The number of hydrogen-bond donors (Lipinski definition) is 3. The average molecular weight is 512 g/mol. The molecule has 2 aromatic carbocycles. The summed E-state index contributed by atoms with van der Waals surface area (Å²) in [4.78, 5) is 40.3. The van der Waals surface area contributed by atoms with Crippen LogP contribution in [0.25, 0.3) is 10.9 Å². The van der Waals surface area contributed by atoms with E-state index in [1.54, 1.807) is 30.3 Å². The van der Waals surface area contributed by atoms with Crippen LogP contribution in [0.4, 0.5) is 4.39 Å². The lowest BCUT2D eigenvalue weighted by Crippen LogP contribution is -2.65. The minimum atomic E-state index is -0.791. The number of rotatable bonds is 6. The number of carbonyl (C=O) groups excluding carboxylic acids is 3. The second-order valence-electron chi connectivity index (χ2n) is 9.69. The van der Waals surface area contributed by atoms with Crippen molar-refractivity contribution in [2.75, 3.05) is 0 Å². The average Bonchev–Trinajstić information content (AvgIpc) is 3.26. The standard InChI is InChI=1S/C25H23ClFN5O4/c26-15-6-3-4-11(19(15)27)9-29-25(36)21-13-8-14-18(13)22(23(14)34)32(21)17(33)10-31-16-7-2-1-5-12(16)20(30-31)24(28)35/h1-7,13-14,18,21-23,34H,8-10H2,(H2,28,35)(H,29,36)/t13-,14+,18-,21?,22-,23?/m1/s1. The molecule has 2 heterocycles. The monoisotopic (exact) mass is 511 g/mol. The first-order valence-electron chi connectivity index (χ1n) is 11.7. The molecule has 2 unspecified atom stereocenters. The number of hydrogen-bond acceptors (Lipinski definition) is 5. The molecule has 1 aliphatic heterocycles. The van der Waals surface area contributed by atoms with Crippen LogP contribution in [-0.2, 0) is 22.7 Å². The van der Waals surface area contributed by atoms with Gasteiger partial charge in [0.1, 0.15) is 18.4 Å². The smallest absolute Gasteiger partial charge is 0.269 e. The third kappa shape index (κ3) is 3.24. The number of nitrogens with zero attached hydrogens (tertiary/aromatic N) is 3. The number of aliphatic hydroxyl groups excluding tert-OH is 1. The Morgan fingerprint density at radius 1 is 1.17 bits per heavy atom. The minimum Gasteiger partial charge on any atom is -0.391 e. The van der Waals surface area contributed by atoms with Crippen molar-refractivity contribution in [2.45, 2.75) is 37.7 Å². The molecular weight excluding hydrogens is 489 g/mol. The van der Waals surface area contributed by atoms with Gasteiger partial charge in [-0.2, -0.15) is 5.10 Å².